The molecule has 2 aliphatic heterocycles. The lowest BCUT2D eigenvalue weighted by atomic mass is 9.85. The van der Waals surface area contributed by atoms with Gasteiger partial charge in [-0.3, -0.25) is 4.90 Å². The first kappa shape index (κ1) is 17.4. The van der Waals surface area contributed by atoms with E-state index in [9.17, 15) is 0 Å². The highest BCUT2D eigenvalue weighted by atomic mass is 15.3. The van der Waals surface area contributed by atoms with Crippen LogP contribution in [0.4, 0.5) is 5.69 Å². The van der Waals surface area contributed by atoms with Crippen LogP contribution in [0.2, 0.25) is 0 Å². The van der Waals surface area contributed by atoms with Crippen molar-refractivity contribution in [1.29, 1.82) is 0 Å². The topological polar surface area (TPSA) is 9.72 Å². The van der Waals surface area contributed by atoms with Crippen LogP contribution in [0.25, 0.3) is 0 Å². The smallest absolute Gasteiger partial charge is 0.0367 e. The van der Waals surface area contributed by atoms with E-state index in [1.807, 2.05) is 0 Å². The van der Waals surface area contributed by atoms with Crippen molar-refractivity contribution in [2.45, 2.75) is 57.5 Å². The SMILES string of the molecule is C[C@H]1CCC[C@@H](N2CCC(N3CCN(c4ccccc4)CC3)CC2)C1. The van der Waals surface area contributed by atoms with Gasteiger partial charge in [-0.2, -0.15) is 0 Å². The average molecular weight is 342 g/mol. The molecule has 1 aliphatic carbocycles. The van der Waals surface area contributed by atoms with Crippen molar-refractivity contribution in [3.05, 3.63) is 30.3 Å². The Balaban J connectivity index is 1.24. The number of piperazine rings is 1. The van der Waals surface area contributed by atoms with Gasteiger partial charge in [-0.05, 0) is 56.8 Å². The second-order valence-corrected chi connectivity index (χ2v) is 8.55. The minimum atomic E-state index is 0.829. The number of nitrogens with zero attached hydrogens (tertiary/aromatic N) is 3. The van der Waals surface area contributed by atoms with E-state index in [0.29, 0.717) is 0 Å². The van der Waals surface area contributed by atoms with Gasteiger partial charge in [0.15, 0.2) is 0 Å². The third-order valence-electron chi connectivity index (χ3n) is 6.88. The van der Waals surface area contributed by atoms with Crippen molar-refractivity contribution in [3.63, 3.8) is 0 Å². The van der Waals surface area contributed by atoms with Crippen LogP contribution in [-0.2, 0) is 0 Å². The fourth-order valence-electron chi connectivity index (χ4n) is 5.33. The Morgan fingerprint density at radius 1 is 0.720 bits per heavy atom. The number of benzene rings is 1. The van der Waals surface area contributed by atoms with Crippen LogP contribution in [0.5, 0.6) is 0 Å². The van der Waals surface area contributed by atoms with Gasteiger partial charge in [0.25, 0.3) is 0 Å². The molecule has 138 valence electrons. The minimum absolute atomic E-state index is 0.829. The Hall–Kier alpha value is -1.06. The molecule has 3 fully saturated rings. The maximum atomic E-state index is 2.83. The van der Waals surface area contributed by atoms with Crippen molar-refractivity contribution in [2.24, 2.45) is 5.92 Å². The molecule has 0 aromatic heterocycles. The van der Waals surface area contributed by atoms with Gasteiger partial charge in [0.1, 0.15) is 0 Å². The van der Waals surface area contributed by atoms with Crippen molar-refractivity contribution >= 4 is 5.69 Å². The molecule has 2 atom stereocenters. The zero-order chi connectivity index (χ0) is 17.1. The van der Waals surface area contributed by atoms with Gasteiger partial charge in [0.2, 0.25) is 0 Å². The summed E-state index contributed by atoms with van der Waals surface area (Å²) in [7, 11) is 0. The third kappa shape index (κ3) is 4.20. The molecule has 0 bridgehead atoms. The molecule has 1 saturated carbocycles. The average Bonchev–Trinajstić information content (AvgIpc) is 2.69. The maximum absolute atomic E-state index is 2.83. The molecule has 25 heavy (non-hydrogen) atoms. The van der Waals surface area contributed by atoms with Gasteiger partial charge in [-0.1, -0.05) is 38.0 Å². The van der Waals surface area contributed by atoms with E-state index < -0.39 is 0 Å². The standard InChI is InChI=1S/C22H35N3/c1-19-6-5-9-22(18-19)23-12-10-21(11-13-23)25-16-14-24(15-17-25)20-7-3-2-4-8-20/h2-4,7-8,19,21-22H,5-6,9-18H2,1H3/t19-,22+/m0/s1. The molecule has 3 nitrogen and oxygen atoms in total. The first-order valence-corrected chi connectivity index (χ1v) is 10.6. The minimum Gasteiger partial charge on any atom is -0.369 e. The van der Waals surface area contributed by atoms with Gasteiger partial charge in [-0.25, -0.2) is 0 Å². The lowest BCUT2D eigenvalue weighted by Gasteiger charge is -2.45. The van der Waals surface area contributed by atoms with Gasteiger partial charge in [-0.15, -0.1) is 0 Å². The van der Waals surface area contributed by atoms with Crippen LogP contribution >= 0.6 is 0 Å². The molecule has 2 heterocycles. The molecule has 3 heteroatoms. The van der Waals surface area contributed by atoms with Crippen LogP contribution in [0.3, 0.4) is 0 Å². The molecule has 0 unspecified atom stereocenters. The van der Waals surface area contributed by atoms with Gasteiger partial charge < -0.3 is 9.80 Å². The van der Waals surface area contributed by atoms with Crippen molar-refractivity contribution in [2.75, 3.05) is 44.2 Å². The number of likely N-dealkylation sites (tertiary alicyclic amines) is 1. The van der Waals surface area contributed by atoms with Crippen LogP contribution in [0, 0.1) is 5.92 Å². The summed E-state index contributed by atoms with van der Waals surface area (Å²) in [5.74, 6) is 0.947. The molecule has 2 saturated heterocycles. The molecular formula is C22H35N3. The van der Waals surface area contributed by atoms with Crippen molar-refractivity contribution in [3.8, 4) is 0 Å². The summed E-state index contributed by atoms with van der Waals surface area (Å²) in [5.41, 5.74) is 1.39. The Morgan fingerprint density at radius 2 is 1.40 bits per heavy atom. The predicted molar refractivity (Wildman–Crippen MR) is 106 cm³/mol. The maximum Gasteiger partial charge on any atom is 0.0367 e. The fraction of sp³-hybridized carbons (Fsp3) is 0.727. The number of rotatable bonds is 3. The molecule has 0 N–H and O–H groups in total. The van der Waals surface area contributed by atoms with E-state index in [1.54, 1.807) is 0 Å². The van der Waals surface area contributed by atoms with E-state index in [1.165, 1.54) is 83.5 Å². The number of piperidine rings is 1. The molecule has 4 rings (SSSR count). The van der Waals surface area contributed by atoms with Crippen LogP contribution in [0.15, 0.2) is 30.3 Å². The highest BCUT2D eigenvalue weighted by molar-refractivity contribution is 5.46. The Bertz CT molecular complexity index is 515. The zero-order valence-corrected chi connectivity index (χ0v) is 15.9. The second kappa shape index (κ2) is 8.09. The fourth-order valence-corrected chi connectivity index (χ4v) is 5.33. The summed E-state index contributed by atoms with van der Waals surface area (Å²) in [6.45, 7) is 9.96. The van der Waals surface area contributed by atoms with Gasteiger partial charge >= 0.3 is 0 Å². The van der Waals surface area contributed by atoms with Crippen LogP contribution in [0.1, 0.15) is 45.4 Å². The first-order valence-electron chi connectivity index (χ1n) is 10.6. The molecular weight excluding hydrogens is 306 g/mol. The number of anilines is 1. The van der Waals surface area contributed by atoms with E-state index in [2.05, 4.69) is 52.0 Å². The van der Waals surface area contributed by atoms with E-state index in [0.717, 1.165) is 18.0 Å². The first-order chi connectivity index (χ1) is 12.3. The van der Waals surface area contributed by atoms with E-state index in [4.69, 9.17) is 0 Å². The Kier molecular flexibility index (Phi) is 5.62. The third-order valence-corrected chi connectivity index (χ3v) is 6.88. The largest absolute Gasteiger partial charge is 0.369 e. The highest BCUT2D eigenvalue weighted by Crippen LogP contribution is 2.30. The van der Waals surface area contributed by atoms with Crippen LogP contribution < -0.4 is 4.90 Å². The lowest BCUT2D eigenvalue weighted by molar-refractivity contribution is 0.0603. The molecule has 0 spiro atoms. The summed E-state index contributed by atoms with van der Waals surface area (Å²) in [6, 6.07) is 12.6. The van der Waals surface area contributed by atoms with E-state index >= 15 is 0 Å². The van der Waals surface area contributed by atoms with Crippen molar-refractivity contribution in [1.82, 2.24) is 9.80 Å². The Morgan fingerprint density at radius 3 is 2.08 bits per heavy atom. The Labute approximate surface area is 154 Å². The van der Waals surface area contributed by atoms with Crippen molar-refractivity contribution < 1.29 is 0 Å². The predicted octanol–water partition coefficient (Wildman–Crippen LogP) is 3.85. The summed E-state index contributed by atoms with van der Waals surface area (Å²) in [6.07, 6.45) is 8.57. The van der Waals surface area contributed by atoms with E-state index in [-0.39, 0.29) is 0 Å². The van der Waals surface area contributed by atoms with Crippen LogP contribution in [-0.4, -0.2) is 61.2 Å². The zero-order valence-electron chi connectivity index (χ0n) is 15.9. The molecule has 0 amide bonds. The quantitative estimate of drug-likeness (QED) is 0.827. The summed E-state index contributed by atoms with van der Waals surface area (Å²) in [4.78, 5) is 8.15. The normalized spacial score (nSPS) is 30.5. The lowest BCUT2D eigenvalue weighted by Crippen LogP contribution is -2.54. The number of hydrogen-bond donors (Lipinski definition) is 0. The second-order valence-electron chi connectivity index (χ2n) is 8.55. The molecule has 3 aliphatic rings. The number of hydrogen-bond acceptors (Lipinski definition) is 3. The monoisotopic (exact) mass is 341 g/mol. The van der Waals surface area contributed by atoms with Gasteiger partial charge in [0, 0.05) is 44.0 Å². The summed E-state index contributed by atoms with van der Waals surface area (Å²) >= 11 is 0. The van der Waals surface area contributed by atoms with Gasteiger partial charge in [0.05, 0.1) is 0 Å². The summed E-state index contributed by atoms with van der Waals surface area (Å²) < 4.78 is 0. The molecule has 1 aromatic carbocycles. The number of para-hydroxylation sites is 1. The highest BCUT2D eigenvalue weighted by Gasteiger charge is 2.31. The molecule has 0 radical (unpaired) electrons. The molecule has 1 aromatic rings. The summed E-state index contributed by atoms with van der Waals surface area (Å²) in [5, 5.41) is 0.